The number of anilines is 2. The van der Waals surface area contributed by atoms with Gasteiger partial charge < -0.3 is 26.6 Å². The molecular weight excluding hydrogens is 352 g/mol. The predicted molar refractivity (Wildman–Crippen MR) is 99.1 cm³/mol. The van der Waals surface area contributed by atoms with Crippen LogP contribution in [0, 0.1) is 5.92 Å². The van der Waals surface area contributed by atoms with Gasteiger partial charge in [0.1, 0.15) is 23.2 Å². The van der Waals surface area contributed by atoms with Crippen molar-refractivity contribution in [2.45, 2.75) is 19.9 Å². The number of nitrogen functional groups attached to an aromatic ring is 2. The number of nitrogens with one attached hydrogen (secondary N) is 1. The zero-order valence-electron chi connectivity index (χ0n) is 14.8. The molecule has 0 aliphatic carbocycles. The Morgan fingerprint density at radius 3 is 2.41 bits per heavy atom. The molecule has 1 amide bonds. The van der Waals surface area contributed by atoms with E-state index in [1.807, 2.05) is 0 Å². The highest BCUT2D eigenvalue weighted by Crippen LogP contribution is 2.30. The van der Waals surface area contributed by atoms with Crippen molar-refractivity contribution in [1.82, 2.24) is 10.3 Å². The second-order valence-electron chi connectivity index (χ2n) is 5.90. The van der Waals surface area contributed by atoms with Crippen molar-refractivity contribution < 1.29 is 19.4 Å². The third-order valence-electron chi connectivity index (χ3n) is 3.46. The number of hydrogen-bond acceptors (Lipinski definition) is 8. The molecule has 142 valence electrons. The van der Waals surface area contributed by atoms with E-state index in [4.69, 9.17) is 21.3 Å². The number of para-hydroxylation sites is 1. The largest absolute Gasteiger partial charge is 0.480 e. The molecule has 27 heavy (non-hydrogen) atoms. The second-order valence-corrected chi connectivity index (χ2v) is 5.90. The first-order valence-electron chi connectivity index (χ1n) is 8.02. The van der Waals surface area contributed by atoms with Gasteiger partial charge >= 0.3 is 12.1 Å². The van der Waals surface area contributed by atoms with Crippen LogP contribution in [0.3, 0.4) is 0 Å². The molecule has 10 nitrogen and oxygen atoms in total. The SMILES string of the molecule is CC(C)C(NC(=O)Oc1ccccc1N=Nc1ccc(N)nc1N)C(=O)O. The highest BCUT2D eigenvalue weighted by molar-refractivity contribution is 5.81. The van der Waals surface area contributed by atoms with Gasteiger partial charge in [0.05, 0.1) is 0 Å². The van der Waals surface area contributed by atoms with Gasteiger partial charge in [0, 0.05) is 0 Å². The molecule has 0 fully saturated rings. The summed E-state index contributed by atoms with van der Waals surface area (Å²) in [7, 11) is 0. The Morgan fingerprint density at radius 2 is 1.78 bits per heavy atom. The van der Waals surface area contributed by atoms with E-state index in [0.717, 1.165) is 0 Å². The monoisotopic (exact) mass is 372 g/mol. The lowest BCUT2D eigenvalue weighted by atomic mass is 10.1. The minimum Gasteiger partial charge on any atom is -0.480 e. The van der Waals surface area contributed by atoms with Crippen LogP contribution in [0.5, 0.6) is 5.75 Å². The maximum Gasteiger partial charge on any atom is 0.413 e. The molecule has 0 aliphatic rings. The third-order valence-corrected chi connectivity index (χ3v) is 3.46. The average Bonchev–Trinajstić information content (AvgIpc) is 2.59. The van der Waals surface area contributed by atoms with Gasteiger partial charge in [-0.3, -0.25) is 0 Å². The van der Waals surface area contributed by atoms with E-state index in [1.54, 1.807) is 38.1 Å². The lowest BCUT2D eigenvalue weighted by Gasteiger charge is -2.17. The Bertz CT molecular complexity index is 868. The molecule has 0 aliphatic heterocycles. The minimum atomic E-state index is -1.15. The number of nitrogens with zero attached hydrogens (tertiary/aromatic N) is 3. The van der Waals surface area contributed by atoms with Crippen LogP contribution in [-0.4, -0.2) is 28.2 Å². The molecule has 1 heterocycles. The van der Waals surface area contributed by atoms with Crippen LogP contribution in [0.1, 0.15) is 13.8 Å². The summed E-state index contributed by atoms with van der Waals surface area (Å²) >= 11 is 0. The third kappa shape index (κ3) is 5.39. The Balaban J connectivity index is 2.16. The second kappa shape index (κ2) is 8.61. The topological polar surface area (TPSA) is 165 Å². The van der Waals surface area contributed by atoms with Gasteiger partial charge in [0.15, 0.2) is 11.6 Å². The fourth-order valence-corrected chi connectivity index (χ4v) is 2.07. The smallest absolute Gasteiger partial charge is 0.413 e. The number of aromatic nitrogens is 1. The predicted octanol–water partition coefficient (Wildman–Crippen LogP) is 2.86. The van der Waals surface area contributed by atoms with Gasteiger partial charge in [0.2, 0.25) is 0 Å². The van der Waals surface area contributed by atoms with Crippen molar-refractivity contribution in [3.63, 3.8) is 0 Å². The number of carbonyl (C=O) groups excluding carboxylic acids is 1. The van der Waals surface area contributed by atoms with E-state index in [-0.39, 0.29) is 29.0 Å². The number of carbonyl (C=O) groups is 2. The number of rotatable bonds is 6. The van der Waals surface area contributed by atoms with Crippen molar-refractivity contribution in [3.8, 4) is 5.75 Å². The molecule has 0 radical (unpaired) electrons. The van der Waals surface area contributed by atoms with Crippen LogP contribution in [0.4, 0.5) is 27.8 Å². The Labute approximate surface area is 155 Å². The first-order chi connectivity index (χ1) is 12.8. The van der Waals surface area contributed by atoms with E-state index in [9.17, 15) is 9.59 Å². The molecule has 2 aromatic rings. The highest BCUT2D eigenvalue weighted by Gasteiger charge is 2.24. The van der Waals surface area contributed by atoms with Crippen LogP contribution in [-0.2, 0) is 4.79 Å². The number of benzene rings is 1. The number of carboxylic acid groups (broad SMARTS) is 1. The summed E-state index contributed by atoms with van der Waals surface area (Å²) in [6, 6.07) is 8.39. The molecule has 0 saturated heterocycles. The zero-order valence-corrected chi connectivity index (χ0v) is 14.8. The molecule has 1 aromatic heterocycles. The number of hydrogen-bond donors (Lipinski definition) is 4. The number of nitrogens with two attached hydrogens (primary N) is 2. The summed E-state index contributed by atoms with van der Waals surface area (Å²) in [5.74, 6) is -0.998. The average molecular weight is 372 g/mol. The van der Waals surface area contributed by atoms with Crippen LogP contribution in [0.25, 0.3) is 0 Å². The Kier molecular flexibility index (Phi) is 6.26. The van der Waals surface area contributed by atoms with Crippen molar-refractivity contribution in [2.24, 2.45) is 16.1 Å². The summed E-state index contributed by atoms with van der Waals surface area (Å²) < 4.78 is 5.18. The number of azo groups is 1. The maximum atomic E-state index is 12.0. The molecule has 0 saturated carbocycles. The summed E-state index contributed by atoms with van der Waals surface area (Å²) in [4.78, 5) is 27.1. The Morgan fingerprint density at radius 1 is 1.11 bits per heavy atom. The van der Waals surface area contributed by atoms with Crippen LogP contribution in [0.15, 0.2) is 46.6 Å². The standard InChI is InChI=1S/C17H20N6O4/c1-9(2)14(16(24)25)21-17(26)27-12-6-4-3-5-10(12)22-23-11-7-8-13(18)20-15(11)19/h3-9,14H,1-2H3,(H,21,26)(H,24,25)(H4,18,19,20). The van der Waals surface area contributed by atoms with Gasteiger partial charge in [-0.25, -0.2) is 14.6 Å². The fraction of sp³-hybridized carbons (Fsp3) is 0.235. The van der Waals surface area contributed by atoms with Crippen molar-refractivity contribution in [1.29, 1.82) is 0 Å². The lowest BCUT2D eigenvalue weighted by Crippen LogP contribution is -2.45. The fourth-order valence-electron chi connectivity index (χ4n) is 2.07. The van der Waals surface area contributed by atoms with E-state index in [1.165, 1.54) is 12.1 Å². The quantitative estimate of drug-likeness (QED) is 0.566. The van der Waals surface area contributed by atoms with Crippen molar-refractivity contribution in [3.05, 3.63) is 36.4 Å². The summed E-state index contributed by atoms with van der Waals surface area (Å²) in [6.45, 7) is 3.35. The first kappa shape index (κ1) is 19.6. The van der Waals surface area contributed by atoms with Crippen molar-refractivity contribution in [2.75, 3.05) is 11.5 Å². The van der Waals surface area contributed by atoms with E-state index < -0.39 is 18.1 Å². The molecule has 1 unspecified atom stereocenters. The molecule has 6 N–H and O–H groups in total. The van der Waals surface area contributed by atoms with E-state index >= 15 is 0 Å². The minimum absolute atomic E-state index is 0.105. The molecule has 1 atom stereocenters. The zero-order chi connectivity index (χ0) is 20.0. The number of aliphatic carboxylic acids is 1. The van der Waals surface area contributed by atoms with Gasteiger partial charge in [-0.05, 0) is 30.2 Å². The highest BCUT2D eigenvalue weighted by atomic mass is 16.6. The Hall–Kier alpha value is -3.69. The molecular formula is C17H20N6O4. The van der Waals surface area contributed by atoms with E-state index in [0.29, 0.717) is 5.69 Å². The summed E-state index contributed by atoms with van der Waals surface area (Å²) in [5, 5.41) is 19.4. The first-order valence-corrected chi connectivity index (χ1v) is 8.02. The molecule has 2 rings (SSSR count). The number of ether oxygens (including phenoxy) is 1. The van der Waals surface area contributed by atoms with Crippen LogP contribution < -0.4 is 21.5 Å². The van der Waals surface area contributed by atoms with Crippen LogP contribution >= 0.6 is 0 Å². The molecule has 10 heteroatoms. The van der Waals surface area contributed by atoms with Gasteiger partial charge in [-0.1, -0.05) is 26.0 Å². The molecule has 0 spiro atoms. The van der Waals surface area contributed by atoms with E-state index in [2.05, 4.69) is 20.5 Å². The number of amides is 1. The molecule has 1 aromatic carbocycles. The van der Waals surface area contributed by atoms with Gasteiger partial charge in [-0.15, -0.1) is 10.2 Å². The van der Waals surface area contributed by atoms with Crippen LogP contribution in [0.2, 0.25) is 0 Å². The molecule has 0 bridgehead atoms. The van der Waals surface area contributed by atoms with Gasteiger partial charge in [0.25, 0.3) is 0 Å². The summed E-state index contributed by atoms with van der Waals surface area (Å²) in [5.41, 5.74) is 11.8. The number of carboxylic acids is 1. The van der Waals surface area contributed by atoms with Gasteiger partial charge in [-0.2, -0.15) is 0 Å². The number of pyridine rings is 1. The maximum absolute atomic E-state index is 12.0. The van der Waals surface area contributed by atoms with Crippen molar-refractivity contribution >= 4 is 35.1 Å². The normalized spacial score (nSPS) is 12.1. The summed E-state index contributed by atoms with van der Waals surface area (Å²) in [6.07, 6.45) is -0.910. The lowest BCUT2D eigenvalue weighted by molar-refractivity contribution is -0.140.